The SMILES string of the molecule is CN(c1ncnc2[nH]ccc12)C1CCC(CO)CC1. The molecule has 1 saturated carbocycles. The van der Waals surface area contributed by atoms with E-state index in [4.69, 9.17) is 0 Å². The highest BCUT2D eigenvalue weighted by Crippen LogP contribution is 2.30. The largest absolute Gasteiger partial charge is 0.396 e. The molecule has 0 amide bonds. The molecule has 1 aliphatic rings. The van der Waals surface area contributed by atoms with Crippen molar-refractivity contribution in [2.75, 3.05) is 18.6 Å². The van der Waals surface area contributed by atoms with E-state index in [-0.39, 0.29) is 0 Å². The van der Waals surface area contributed by atoms with Crippen LogP contribution in [0.1, 0.15) is 25.7 Å². The minimum atomic E-state index is 0.325. The summed E-state index contributed by atoms with van der Waals surface area (Å²) in [6, 6.07) is 2.54. The number of aromatic nitrogens is 3. The second-order valence-electron chi connectivity index (χ2n) is 5.41. The van der Waals surface area contributed by atoms with Gasteiger partial charge in [0.25, 0.3) is 0 Å². The van der Waals surface area contributed by atoms with Crippen molar-refractivity contribution < 1.29 is 5.11 Å². The van der Waals surface area contributed by atoms with Crippen LogP contribution in [-0.2, 0) is 0 Å². The highest BCUT2D eigenvalue weighted by molar-refractivity contribution is 5.87. The van der Waals surface area contributed by atoms with E-state index in [0.717, 1.165) is 42.5 Å². The molecule has 102 valence electrons. The second kappa shape index (κ2) is 5.17. The third-order valence-electron chi connectivity index (χ3n) is 4.29. The first-order chi connectivity index (χ1) is 9.29. The summed E-state index contributed by atoms with van der Waals surface area (Å²) in [5.74, 6) is 1.49. The Hall–Kier alpha value is -1.62. The Balaban J connectivity index is 1.80. The number of nitrogens with one attached hydrogen (secondary N) is 1. The summed E-state index contributed by atoms with van der Waals surface area (Å²) >= 11 is 0. The van der Waals surface area contributed by atoms with Gasteiger partial charge in [0.05, 0.1) is 5.39 Å². The molecule has 3 rings (SSSR count). The van der Waals surface area contributed by atoms with Crippen molar-refractivity contribution in [1.29, 1.82) is 0 Å². The maximum absolute atomic E-state index is 9.21. The Labute approximate surface area is 112 Å². The van der Waals surface area contributed by atoms with Crippen molar-refractivity contribution in [3.63, 3.8) is 0 Å². The fourth-order valence-electron chi connectivity index (χ4n) is 3.03. The number of hydrogen-bond acceptors (Lipinski definition) is 4. The number of aromatic amines is 1. The molecular formula is C14H20N4O. The molecule has 0 unspecified atom stereocenters. The number of hydrogen-bond donors (Lipinski definition) is 2. The lowest BCUT2D eigenvalue weighted by atomic mass is 9.86. The van der Waals surface area contributed by atoms with Crippen LogP contribution in [0, 0.1) is 5.92 Å². The summed E-state index contributed by atoms with van der Waals surface area (Å²) in [4.78, 5) is 14.1. The number of nitrogens with zero attached hydrogens (tertiary/aromatic N) is 3. The molecule has 2 N–H and O–H groups in total. The molecule has 19 heavy (non-hydrogen) atoms. The Morgan fingerprint density at radius 1 is 1.32 bits per heavy atom. The predicted molar refractivity (Wildman–Crippen MR) is 75.1 cm³/mol. The summed E-state index contributed by atoms with van der Waals surface area (Å²) in [6.45, 7) is 0.325. The van der Waals surface area contributed by atoms with Gasteiger partial charge in [-0.1, -0.05) is 0 Å². The molecule has 0 aliphatic heterocycles. The van der Waals surface area contributed by atoms with Gasteiger partial charge in [-0.15, -0.1) is 0 Å². The van der Waals surface area contributed by atoms with Gasteiger partial charge in [0, 0.05) is 25.9 Å². The summed E-state index contributed by atoms with van der Waals surface area (Å²) in [6.07, 6.45) is 7.97. The molecule has 5 nitrogen and oxygen atoms in total. The van der Waals surface area contributed by atoms with Crippen LogP contribution in [0.25, 0.3) is 11.0 Å². The first-order valence-corrected chi connectivity index (χ1v) is 6.91. The number of aliphatic hydroxyl groups is 1. The van der Waals surface area contributed by atoms with E-state index in [0.29, 0.717) is 18.6 Å². The summed E-state index contributed by atoms with van der Waals surface area (Å²) < 4.78 is 0. The van der Waals surface area contributed by atoms with Gasteiger partial charge in [-0.05, 0) is 37.7 Å². The van der Waals surface area contributed by atoms with Gasteiger partial charge in [0.1, 0.15) is 17.8 Å². The topological polar surface area (TPSA) is 65.0 Å². The van der Waals surface area contributed by atoms with Crippen LogP contribution in [0.5, 0.6) is 0 Å². The van der Waals surface area contributed by atoms with Gasteiger partial charge in [-0.2, -0.15) is 0 Å². The average Bonchev–Trinajstić information content (AvgIpc) is 2.95. The van der Waals surface area contributed by atoms with Crippen molar-refractivity contribution in [3.8, 4) is 0 Å². The van der Waals surface area contributed by atoms with Crippen molar-refractivity contribution >= 4 is 16.9 Å². The molecule has 2 aromatic heterocycles. The zero-order valence-corrected chi connectivity index (χ0v) is 11.2. The number of H-pyrrole nitrogens is 1. The van der Waals surface area contributed by atoms with Crippen LogP contribution in [0.15, 0.2) is 18.6 Å². The van der Waals surface area contributed by atoms with E-state index < -0.39 is 0 Å². The number of rotatable bonds is 3. The fraction of sp³-hybridized carbons (Fsp3) is 0.571. The molecule has 1 aliphatic carbocycles. The molecule has 5 heteroatoms. The molecule has 1 fully saturated rings. The molecule has 0 spiro atoms. The minimum Gasteiger partial charge on any atom is -0.396 e. The molecule has 0 atom stereocenters. The molecule has 2 heterocycles. The lowest BCUT2D eigenvalue weighted by Gasteiger charge is -2.35. The average molecular weight is 260 g/mol. The van der Waals surface area contributed by atoms with Gasteiger partial charge in [0.2, 0.25) is 0 Å². The van der Waals surface area contributed by atoms with E-state index in [1.165, 1.54) is 0 Å². The van der Waals surface area contributed by atoms with Crippen LogP contribution in [0.4, 0.5) is 5.82 Å². The normalized spacial score (nSPS) is 23.7. The van der Waals surface area contributed by atoms with Crippen molar-refractivity contribution in [1.82, 2.24) is 15.0 Å². The summed E-state index contributed by atoms with van der Waals surface area (Å²) in [7, 11) is 2.11. The van der Waals surface area contributed by atoms with Gasteiger partial charge in [0.15, 0.2) is 0 Å². The van der Waals surface area contributed by atoms with Crippen LogP contribution in [0.2, 0.25) is 0 Å². The fourth-order valence-corrected chi connectivity index (χ4v) is 3.03. The zero-order chi connectivity index (χ0) is 13.2. The summed E-state index contributed by atoms with van der Waals surface area (Å²) in [5, 5.41) is 10.3. The third-order valence-corrected chi connectivity index (χ3v) is 4.29. The first kappa shape index (κ1) is 12.4. The Bertz CT molecular complexity index is 545. The Morgan fingerprint density at radius 3 is 2.84 bits per heavy atom. The molecular weight excluding hydrogens is 240 g/mol. The van der Waals surface area contributed by atoms with Gasteiger partial charge in [-0.3, -0.25) is 0 Å². The number of aliphatic hydroxyl groups excluding tert-OH is 1. The van der Waals surface area contributed by atoms with Crippen LogP contribution in [-0.4, -0.2) is 39.8 Å². The zero-order valence-electron chi connectivity index (χ0n) is 11.2. The third kappa shape index (κ3) is 2.30. The molecule has 0 saturated heterocycles. The number of fused-ring (bicyclic) bond motifs is 1. The lowest BCUT2D eigenvalue weighted by Crippen LogP contribution is -2.36. The van der Waals surface area contributed by atoms with Crippen molar-refractivity contribution in [2.24, 2.45) is 5.92 Å². The Morgan fingerprint density at radius 2 is 2.11 bits per heavy atom. The van der Waals surface area contributed by atoms with Crippen LogP contribution in [0.3, 0.4) is 0 Å². The Kier molecular flexibility index (Phi) is 3.38. The lowest BCUT2D eigenvalue weighted by molar-refractivity contribution is 0.182. The first-order valence-electron chi connectivity index (χ1n) is 6.91. The van der Waals surface area contributed by atoms with Crippen molar-refractivity contribution in [3.05, 3.63) is 18.6 Å². The van der Waals surface area contributed by atoms with E-state index in [9.17, 15) is 5.11 Å². The maximum Gasteiger partial charge on any atom is 0.142 e. The molecule has 0 radical (unpaired) electrons. The smallest absolute Gasteiger partial charge is 0.142 e. The van der Waals surface area contributed by atoms with E-state index in [1.807, 2.05) is 12.3 Å². The van der Waals surface area contributed by atoms with E-state index >= 15 is 0 Å². The number of anilines is 1. The van der Waals surface area contributed by atoms with E-state index in [1.54, 1.807) is 6.33 Å². The maximum atomic E-state index is 9.21. The van der Waals surface area contributed by atoms with E-state index in [2.05, 4.69) is 26.9 Å². The molecule has 2 aromatic rings. The highest BCUT2D eigenvalue weighted by atomic mass is 16.3. The van der Waals surface area contributed by atoms with Crippen molar-refractivity contribution in [2.45, 2.75) is 31.7 Å². The van der Waals surface area contributed by atoms with Gasteiger partial charge < -0.3 is 15.0 Å². The standard InChI is InChI=1S/C14H20N4O/c1-18(11-4-2-10(8-19)3-5-11)14-12-6-7-15-13(12)16-9-17-14/h6-7,9-11,19H,2-5,8H2,1H3,(H,15,16,17). The minimum absolute atomic E-state index is 0.325. The molecule has 0 aromatic carbocycles. The monoisotopic (exact) mass is 260 g/mol. The second-order valence-corrected chi connectivity index (χ2v) is 5.41. The molecule has 0 bridgehead atoms. The quantitative estimate of drug-likeness (QED) is 0.885. The van der Waals surface area contributed by atoms with Crippen LogP contribution >= 0.6 is 0 Å². The van der Waals surface area contributed by atoms with Crippen LogP contribution < -0.4 is 4.90 Å². The highest BCUT2D eigenvalue weighted by Gasteiger charge is 2.25. The van der Waals surface area contributed by atoms with Gasteiger partial charge >= 0.3 is 0 Å². The van der Waals surface area contributed by atoms with Gasteiger partial charge in [-0.25, -0.2) is 9.97 Å². The summed E-state index contributed by atoms with van der Waals surface area (Å²) in [5.41, 5.74) is 0.890. The predicted octanol–water partition coefficient (Wildman–Crippen LogP) is 1.95.